The summed E-state index contributed by atoms with van der Waals surface area (Å²) in [5.41, 5.74) is -1.53. The molecule has 33 heavy (non-hydrogen) atoms. The maximum Gasteiger partial charge on any atom is 0.417 e. The Labute approximate surface area is 193 Å². The first kappa shape index (κ1) is 23.0. The predicted octanol–water partition coefficient (Wildman–Crippen LogP) is 5.40. The molecule has 2 aromatic rings. The highest BCUT2D eigenvalue weighted by molar-refractivity contribution is 7.80. The van der Waals surface area contributed by atoms with Gasteiger partial charge in [-0.2, -0.15) is 18.4 Å². The van der Waals surface area contributed by atoms with Crippen LogP contribution in [0.5, 0.6) is 5.75 Å². The SMILES string of the molecule is C=C1N(c2ccc(C#N)c(C(F)(F)F)c2)C(=S)N(c2ccc(OCC3CO3)c(F)c2)C1(C)C. The van der Waals surface area contributed by atoms with Crippen molar-refractivity contribution in [3.63, 3.8) is 0 Å². The average molecular weight is 477 g/mol. The fourth-order valence-electron chi connectivity index (χ4n) is 3.65. The van der Waals surface area contributed by atoms with E-state index >= 15 is 0 Å². The number of epoxide rings is 1. The van der Waals surface area contributed by atoms with Crippen LogP contribution in [0.1, 0.15) is 25.0 Å². The molecule has 0 aromatic heterocycles. The van der Waals surface area contributed by atoms with Gasteiger partial charge in [0.25, 0.3) is 0 Å². The first-order valence-corrected chi connectivity index (χ1v) is 10.3. The second kappa shape index (κ2) is 8.01. The summed E-state index contributed by atoms with van der Waals surface area (Å²) in [6.45, 7) is 8.43. The van der Waals surface area contributed by atoms with Gasteiger partial charge < -0.3 is 14.4 Å². The van der Waals surface area contributed by atoms with Crippen molar-refractivity contribution < 1.29 is 27.0 Å². The Bertz CT molecular complexity index is 1190. The average Bonchev–Trinajstić information content (AvgIpc) is 3.54. The smallest absolute Gasteiger partial charge is 0.417 e. The van der Waals surface area contributed by atoms with E-state index in [-0.39, 0.29) is 29.3 Å². The van der Waals surface area contributed by atoms with Gasteiger partial charge in [0.05, 0.1) is 29.3 Å². The molecule has 10 heteroatoms. The largest absolute Gasteiger partial charge is 0.488 e. The van der Waals surface area contributed by atoms with Crippen molar-refractivity contribution in [3.05, 3.63) is 65.6 Å². The van der Waals surface area contributed by atoms with Crippen molar-refractivity contribution in [2.75, 3.05) is 23.0 Å². The molecule has 0 aliphatic carbocycles. The second-order valence-electron chi connectivity index (χ2n) is 8.18. The van der Waals surface area contributed by atoms with E-state index in [2.05, 4.69) is 6.58 Å². The number of hydrogen-bond acceptors (Lipinski definition) is 4. The molecular weight excluding hydrogens is 458 g/mol. The van der Waals surface area contributed by atoms with E-state index in [9.17, 15) is 17.6 Å². The van der Waals surface area contributed by atoms with Gasteiger partial charge in [-0.05, 0) is 56.4 Å². The van der Waals surface area contributed by atoms with Gasteiger partial charge in [-0.3, -0.25) is 4.90 Å². The zero-order chi connectivity index (χ0) is 24.1. The normalized spacial score (nSPS) is 19.6. The summed E-state index contributed by atoms with van der Waals surface area (Å²) < 4.78 is 65.7. The Hall–Kier alpha value is -3.16. The molecule has 0 N–H and O–H groups in total. The minimum Gasteiger partial charge on any atom is -0.488 e. The van der Waals surface area contributed by atoms with Crippen molar-refractivity contribution in [3.8, 4) is 11.8 Å². The maximum absolute atomic E-state index is 14.7. The van der Waals surface area contributed by atoms with Crippen LogP contribution in [0.2, 0.25) is 0 Å². The number of hydrogen-bond donors (Lipinski definition) is 0. The van der Waals surface area contributed by atoms with Crippen molar-refractivity contribution in [2.45, 2.75) is 31.7 Å². The van der Waals surface area contributed by atoms with Crippen LogP contribution in [0.3, 0.4) is 0 Å². The van der Waals surface area contributed by atoms with Gasteiger partial charge in [-0.1, -0.05) is 6.58 Å². The molecule has 2 aromatic carbocycles. The highest BCUT2D eigenvalue weighted by atomic mass is 32.1. The molecule has 2 heterocycles. The van der Waals surface area contributed by atoms with Crippen molar-refractivity contribution in [1.29, 1.82) is 5.26 Å². The van der Waals surface area contributed by atoms with Crippen LogP contribution < -0.4 is 14.5 Å². The lowest BCUT2D eigenvalue weighted by Crippen LogP contribution is -2.41. The number of alkyl halides is 3. The summed E-state index contributed by atoms with van der Waals surface area (Å²) in [5.74, 6) is -0.539. The van der Waals surface area contributed by atoms with E-state index in [0.29, 0.717) is 18.0 Å². The molecule has 2 aliphatic heterocycles. The van der Waals surface area contributed by atoms with Crippen molar-refractivity contribution in [1.82, 2.24) is 0 Å². The third kappa shape index (κ3) is 4.14. The molecule has 0 saturated carbocycles. The van der Waals surface area contributed by atoms with E-state index in [1.165, 1.54) is 23.1 Å². The fourth-order valence-corrected chi connectivity index (χ4v) is 4.20. The lowest BCUT2D eigenvalue weighted by atomic mass is 9.99. The van der Waals surface area contributed by atoms with Crippen LogP contribution in [0.4, 0.5) is 28.9 Å². The molecule has 172 valence electrons. The van der Waals surface area contributed by atoms with Crippen LogP contribution in [-0.4, -0.2) is 30.0 Å². The summed E-state index contributed by atoms with van der Waals surface area (Å²) in [6, 6.07) is 9.25. The summed E-state index contributed by atoms with van der Waals surface area (Å²) in [4.78, 5) is 3.02. The summed E-state index contributed by atoms with van der Waals surface area (Å²) in [5, 5.41) is 9.20. The van der Waals surface area contributed by atoms with Gasteiger partial charge in [0.1, 0.15) is 12.7 Å². The second-order valence-corrected chi connectivity index (χ2v) is 8.54. The van der Waals surface area contributed by atoms with Crippen LogP contribution in [0.25, 0.3) is 0 Å². The highest BCUT2D eigenvalue weighted by Gasteiger charge is 2.46. The minimum atomic E-state index is -4.72. The quantitative estimate of drug-likeness (QED) is 0.327. The van der Waals surface area contributed by atoms with Crippen molar-refractivity contribution >= 4 is 28.7 Å². The third-order valence-corrected chi connectivity index (χ3v) is 5.97. The maximum atomic E-state index is 14.7. The Morgan fingerprint density at radius 3 is 2.48 bits per heavy atom. The van der Waals surface area contributed by atoms with Crippen LogP contribution >= 0.6 is 12.2 Å². The summed E-state index contributed by atoms with van der Waals surface area (Å²) in [6.07, 6.45) is -4.75. The molecule has 2 saturated heterocycles. The van der Waals surface area contributed by atoms with Crippen LogP contribution in [-0.2, 0) is 10.9 Å². The number of nitriles is 1. The standard InChI is InChI=1S/C23H19F4N3O2S/c1-13-22(2,3)30(16-6-7-20(19(24)9-16)32-12-17-11-31-17)21(33)29(13)15-5-4-14(10-28)18(8-15)23(25,26)27/h4-9,17H,1,11-12H2,2-3H3. The summed E-state index contributed by atoms with van der Waals surface area (Å²) in [7, 11) is 0. The number of thiocarbonyl (C=S) groups is 1. The van der Waals surface area contributed by atoms with E-state index in [1.54, 1.807) is 30.9 Å². The van der Waals surface area contributed by atoms with Crippen molar-refractivity contribution in [2.24, 2.45) is 0 Å². The third-order valence-electron chi connectivity index (χ3n) is 5.61. The predicted molar refractivity (Wildman–Crippen MR) is 119 cm³/mol. The molecule has 0 radical (unpaired) electrons. The molecule has 0 amide bonds. The highest BCUT2D eigenvalue weighted by Crippen LogP contribution is 2.44. The summed E-state index contributed by atoms with van der Waals surface area (Å²) >= 11 is 5.59. The Kier molecular flexibility index (Phi) is 5.58. The molecule has 5 nitrogen and oxygen atoms in total. The molecule has 2 aliphatic rings. The van der Waals surface area contributed by atoms with Gasteiger partial charge in [-0.15, -0.1) is 0 Å². The molecule has 4 rings (SSSR count). The lowest BCUT2D eigenvalue weighted by Gasteiger charge is -2.31. The van der Waals surface area contributed by atoms with Gasteiger partial charge in [-0.25, -0.2) is 4.39 Å². The number of benzene rings is 2. The van der Waals surface area contributed by atoms with E-state index in [1.807, 2.05) is 0 Å². The first-order chi connectivity index (χ1) is 15.4. The number of rotatable bonds is 5. The number of ether oxygens (including phenoxy) is 2. The Morgan fingerprint density at radius 1 is 1.24 bits per heavy atom. The topological polar surface area (TPSA) is 52.0 Å². The van der Waals surface area contributed by atoms with E-state index < -0.39 is 28.7 Å². The van der Waals surface area contributed by atoms with E-state index in [0.717, 1.165) is 12.1 Å². The molecule has 2 fully saturated rings. The monoisotopic (exact) mass is 477 g/mol. The van der Waals surface area contributed by atoms with Crippen LogP contribution in [0.15, 0.2) is 48.7 Å². The molecule has 0 bridgehead atoms. The van der Waals surface area contributed by atoms with Gasteiger partial charge in [0.15, 0.2) is 16.7 Å². The van der Waals surface area contributed by atoms with Gasteiger partial charge in [0, 0.05) is 23.1 Å². The molecular formula is C23H19F4N3O2S. The van der Waals surface area contributed by atoms with E-state index in [4.69, 9.17) is 27.0 Å². The minimum absolute atomic E-state index is 0.0277. The fraction of sp³-hybridized carbons (Fsp3) is 0.304. The molecule has 0 spiro atoms. The number of halogens is 4. The molecule has 1 unspecified atom stereocenters. The number of nitrogens with zero attached hydrogens (tertiary/aromatic N) is 3. The Morgan fingerprint density at radius 2 is 1.91 bits per heavy atom. The molecule has 1 atom stereocenters. The van der Waals surface area contributed by atoms with Gasteiger partial charge >= 0.3 is 6.18 Å². The Balaban J connectivity index is 1.69. The van der Waals surface area contributed by atoms with Crippen LogP contribution in [0, 0.1) is 17.1 Å². The first-order valence-electron chi connectivity index (χ1n) is 9.94. The zero-order valence-electron chi connectivity index (χ0n) is 17.7. The van der Waals surface area contributed by atoms with Gasteiger partial charge in [0.2, 0.25) is 0 Å². The number of anilines is 2. The lowest BCUT2D eigenvalue weighted by molar-refractivity contribution is -0.137. The zero-order valence-corrected chi connectivity index (χ0v) is 18.6.